The summed E-state index contributed by atoms with van der Waals surface area (Å²) in [6.07, 6.45) is -0.560. The zero-order chi connectivity index (χ0) is 24.4. The first-order chi connectivity index (χ1) is 16.9. The summed E-state index contributed by atoms with van der Waals surface area (Å²) in [5.74, 6) is 1.53. The van der Waals surface area contributed by atoms with Crippen molar-refractivity contribution >= 4 is 44.8 Å². The average molecular weight is 533 g/mol. The summed E-state index contributed by atoms with van der Waals surface area (Å²) in [7, 11) is 0. The molecule has 10 heteroatoms. The monoisotopic (exact) mass is 532 g/mol. The SMILES string of the molecule is Cc1nc2cc(OCC(O)CN3CCN(Cc4cc(-c5ccc(Cl)cc5Cl)no4)CC3)ccc2s1. The van der Waals surface area contributed by atoms with Crippen LogP contribution >= 0.6 is 34.5 Å². The molecule has 1 fully saturated rings. The van der Waals surface area contributed by atoms with E-state index in [0.29, 0.717) is 28.8 Å². The molecule has 0 bridgehead atoms. The van der Waals surface area contributed by atoms with Crippen LogP contribution in [0.5, 0.6) is 5.75 Å². The number of β-amino-alcohol motifs (C(OH)–C–C–N with tert-alkyl or cyclic N) is 1. The summed E-state index contributed by atoms with van der Waals surface area (Å²) >= 11 is 13.9. The summed E-state index contributed by atoms with van der Waals surface area (Å²) < 4.78 is 12.5. The summed E-state index contributed by atoms with van der Waals surface area (Å²) in [6, 6.07) is 13.1. The second kappa shape index (κ2) is 10.8. The van der Waals surface area contributed by atoms with E-state index in [9.17, 15) is 5.11 Å². The van der Waals surface area contributed by atoms with Gasteiger partial charge in [-0.2, -0.15) is 0 Å². The van der Waals surface area contributed by atoms with E-state index in [1.54, 1.807) is 23.5 Å². The molecule has 1 N–H and O–H groups in total. The van der Waals surface area contributed by atoms with Crippen LogP contribution in [0, 0.1) is 6.92 Å². The number of aliphatic hydroxyl groups is 1. The van der Waals surface area contributed by atoms with E-state index < -0.39 is 6.10 Å². The van der Waals surface area contributed by atoms with Gasteiger partial charge in [-0.05, 0) is 37.3 Å². The van der Waals surface area contributed by atoms with Gasteiger partial charge in [0.2, 0.25) is 0 Å². The molecule has 2 aromatic carbocycles. The normalized spacial score (nSPS) is 16.1. The van der Waals surface area contributed by atoms with E-state index in [0.717, 1.165) is 58.5 Å². The van der Waals surface area contributed by atoms with Crippen molar-refractivity contribution in [1.29, 1.82) is 0 Å². The van der Waals surface area contributed by atoms with Crippen LogP contribution in [-0.2, 0) is 6.54 Å². The third kappa shape index (κ3) is 6.14. The first-order valence-electron chi connectivity index (χ1n) is 11.5. The van der Waals surface area contributed by atoms with Crippen LogP contribution in [0.1, 0.15) is 10.8 Å². The Morgan fingerprint density at radius 3 is 2.69 bits per heavy atom. The Bertz CT molecular complexity index is 1300. The Kier molecular flexibility index (Phi) is 7.57. The lowest BCUT2D eigenvalue weighted by atomic mass is 10.1. The van der Waals surface area contributed by atoms with Gasteiger partial charge in [-0.25, -0.2) is 4.98 Å². The van der Waals surface area contributed by atoms with Crippen LogP contribution in [0.3, 0.4) is 0 Å². The molecule has 2 aromatic heterocycles. The van der Waals surface area contributed by atoms with E-state index in [4.69, 9.17) is 32.5 Å². The third-order valence-electron chi connectivity index (χ3n) is 5.99. The minimum absolute atomic E-state index is 0.253. The van der Waals surface area contributed by atoms with E-state index in [2.05, 4.69) is 19.9 Å². The molecule has 5 rings (SSSR count). The molecule has 0 saturated carbocycles. The molecule has 7 nitrogen and oxygen atoms in total. The zero-order valence-corrected chi connectivity index (χ0v) is 21.6. The van der Waals surface area contributed by atoms with Crippen molar-refractivity contribution < 1.29 is 14.4 Å². The maximum absolute atomic E-state index is 10.5. The lowest BCUT2D eigenvalue weighted by Gasteiger charge is -2.35. The number of fused-ring (bicyclic) bond motifs is 1. The van der Waals surface area contributed by atoms with E-state index in [1.807, 2.05) is 37.3 Å². The number of hydrogen-bond donors (Lipinski definition) is 1. The number of piperazine rings is 1. The van der Waals surface area contributed by atoms with E-state index >= 15 is 0 Å². The number of halogens is 2. The van der Waals surface area contributed by atoms with E-state index in [-0.39, 0.29) is 6.61 Å². The summed E-state index contributed by atoms with van der Waals surface area (Å²) in [4.78, 5) is 9.08. The smallest absolute Gasteiger partial charge is 0.151 e. The fourth-order valence-corrected chi connectivity index (χ4v) is 5.53. The van der Waals surface area contributed by atoms with Crippen molar-refractivity contribution in [2.75, 3.05) is 39.3 Å². The van der Waals surface area contributed by atoms with Crippen molar-refractivity contribution in [3.05, 3.63) is 63.3 Å². The van der Waals surface area contributed by atoms with Crippen LogP contribution in [0.25, 0.3) is 21.5 Å². The molecule has 0 spiro atoms. The minimum Gasteiger partial charge on any atom is -0.491 e. The Morgan fingerprint density at radius 1 is 1.09 bits per heavy atom. The topological polar surface area (TPSA) is 74.9 Å². The summed E-state index contributed by atoms with van der Waals surface area (Å²) in [5, 5.41) is 16.8. The summed E-state index contributed by atoms with van der Waals surface area (Å²) in [6.45, 7) is 6.99. The van der Waals surface area contributed by atoms with Gasteiger partial charge in [0, 0.05) is 55.4 Å². The number of nitrogens with zero attached hydrogens (tertiary/aromatic N) is 4. The molecule has 0 amide bonds. The molecule has 3 heterocycles. The van der Waals surface area contributed by atoms with Crippen LogP contribution in [0.2, 0.25) is 10.0 Å². The molecule has 35 heavy (non-hydrogen) atoms. The van der Waals surface area contributed by atoms with Gasteiger partial charge in [0.25, 0.3) is 0 Å². The second-order valence-electron chi connectivity index (χ2n) is 8.71. The first-order valence-corrected chi connectivity index (χ1v) is 13.0. The molecular formula is C25H26Cl2N4O3S. The second-order valence-corrected chi connectivity index (χ2v) is 10.8. The molecule has 1 atom stereocenters. The van der Waals surface area contributed by atoms with Gasteiger partial charge in [0.1, 0.15) is 24.2 Å². The van der Waals surface area contributed by atoms with Gasteiger partial charge in [0.15, 0.2) is 5.76 Å². The van der Waals surface area contributed by atoms with Gasteiger partial charge in [-0.15, -0.1) is 11.3 Å². The molecule has 0 radical (unpaired) electrons. The van der Waals surface area contributed by atoms with Gasteiger partial charge in [-0.1, -0.05) is 28.4 Å². The van der Waals surface area contributed by atoms with Crippen LogP contribution in [-0.4, -0.2) is 70.5 Å². The molecule has 184 valence electrons. The third-order valence-corrected chi connectivity index (χ3v) is 7.49. The number of aromatic nitrogens is 2. The standard InChI is InChI=1S/C25H26Cl2N4O3S/c1-16-28-24-11-19(3-5-25(24)35-16)33-15-18(32)13-30-6-8-31(9-7-30)14-20-12-23(29-34-20)21-4-2-17(26)10-22(21)27/h2-5,10-12,18,32H,6-9,13-15H2,1H3. The van der Waals surface area contributed by atoms with Crippen molar-refractivity contribution in [1.82, 2.24) is 19.9 Å². The highest BCUT2D eigenvalue weighted by atomic mass is 35.5. The van der Waals surface area contributed by atoms with Crippen LogP contribution < -0.4 is 4.74 Å². The van der Waals surface area contributed by atoms with Crippen molar-refractivity contribution in [2.24, 2.45) is 0 Å². The highest BCUT2D eigenvalue weighted by Crippen LogP contribution is 2.30. The Morgan fingerprint density at radius 2 is 1.89 bits per heavy atom. The van der Waals surface area contributed by atoms with Crippen LogP contribution in [0.15, 0.2) is 47.0 Å². The van der Waals surface area contributed by atoms with Crippen molar-refractivity contribution in [3.8, 4) is 17.0 Å². The number of thiazole rings is 1. The van der Waals surface area contributed by atoms with Crippen molar-refractivity contribution in [2.45, 2.75) is 19.6 Å². The number of aryl methyl sites for hydroxylation is 1. The molecule has 1 aliphatic rings. The number of aliphatic hydroxyl groups excluding tert-OH is 1. The fourth-order valence-electron chi connectivity index (χ4n) is 4.22. The van der Waals surface area contributed by atoms with Gasteiger partial charge < -0.3 is 14.4 Å². The predicted molar refractivity (Wildman–Crippen MR) is 140 cm³/mol. The number of ether oxygens (including phenoxy) is 1. The Labute approximate surface area is 217 Å². The molecule has 1 unspecified atom stereocenters. The molecule has 0 aliphatic carbocycles. The molecular weight excluding hydrogens is 507 g/mol. The van der Waals surface area contributed by atoms with Crippen molar-refractivity contribution in [3.63, 3.8) is 0 Å². The Balaban J connectivity index is 1.07. The lowest BCUT2D eigenvalue weighted by Crippen LogP contribution is -2.48. The quantitative estimate of drug-likeness (QED) is 0.337. The molecule has 4 aromatic rings. The number of benzene rings is 2. The molecule has 1 aliphatic heterocycles. The number of rotatable bonds is 8. The zero-order valence-electron chi connectivity index (χ0n) is 19.3. The maximum atomic E-state index is 10.5. The largest absolute Gasteiger partial charge is 0.491 e. The average Bonchev–Trinajstić information content (AvgIpc) is 3.44. The predicted octanol–water partition coefficient (Wildman–Crippen LogP) is 5.12. The maximum Gasteiger partial charge on any atom is 0.151 e. The lowest BCUT2D eigenvalue weighted by molar-refractivity contribution is 0.0430. The minimum atomic E-state index is -0.560. The highest BCUT2D eigenvalue weighted by Gasteiger charge is 2.21. The van der Waals surface area contributed by atoms with E-state index in [1.165, 1.54) is 0 Å². The summed E-state index contributed by atoms with van der Waals surface area (Å²) in [5.41, 5.74) is 2.44. The molecule has 1 saturated heterocycles. The Hall–Kier alpha value is -2.20. The van der Waals surface area contributed by atoms with Gasteiger partial charge in [-0.3, -0.25) is 9.80 Å². The van der Waals surface area contributed by atoms with Gasteiger partial charge >= 0.3 is 0 Å². The fraction of sp³-hybridized carbons (Fsp3) is 0.360. The number of hydrogen-bond acceptors (Lipinski definition) is 8. The highest BCUT2D eigenvalue weighted by molar-refractivity contribution is 7.18. The first kappa shape index (κ1) is 24.5. The van der Waals surface area contributed by atoms with Crippen LogP contribution in [0.4, 0.5) is 0 Å². The van der Waals surface area contributed by atoms with Gasteiger partial charge in [0.05, 0.1) is 26.8 Å².